The maximum atomic E-state index is 13.5. The number of alkyl carbamates (subject to hydrolysis) is 1. The molecule has 14 nitrogen and oxygen atoms in total. The van der Waals surface area contributed by atoms with Crippen molar-refractivity contribution < 1.29 is 29.0 Å². The Balaban J connectivity index is 1.12. The summed E-state index contributed by atoms with van der Waals surface area (Å²) in [5.41, 5.74) is 5.00. The highest BCUT2D eigenvalue weighted by molar-refractivity contribution is 5.89. The third kappa shape index (κ3) is 8.26. The van der Waals surface area contributed by atoms with Crippen molar-refractivity contribution in [2.75, 3.05) is 26.8 Å². The summed E-state index contributed by atoms with van der Waals surface area (Å²) in [4.78, 5) is 70.6. The zero-order valence-electron chi connectivity index (χ0n) is 31.3. The normalized spacial score (nSPS) is 18.1. The van der Waals surface area contributed by atoms with Crippen LogP contribution in [0.15, 0.2) is 48.7 Å². The van der Waals surface area contributed by atoms with E-state index in [9.17, 15) is 24.3 Å². The first-order chi connectivity index (χ1) is 26.0. The smallest absolute Gasteiger partial charge is 0.407 e. The van der Waals surface area contributed by atoms with Crippen LogP contribution in [0.2, 0.25) is 0 Å². The van der Waals surface area contributed by atoms with Crippen molar-refractivity contribution in [1.82, 2.24) is 40.4 Å². The number of methoxy groups -OCH3 is 1. The number of aromatic nitrogens is 4. The number of aliphatic hydroxyl groups is 1. The van der Waals surface area contributed by atoms with Crippen molar-refractivity contribution in [3.05, 3.63) is 71.4 Å². The van der Waals surface area contributed by atoms with E-state index in [1.807, 2.05) is 70.2 Å². The fourth-order valence-corrected chi connectivity index (χ4v) is 7.21. The molecule has 2 aromatic heterocycles. The standard InChI is InChI=1S/C40H48N8O6/c1-23(2)34(45-33(50)22-49)38(51)47-18-6-8-31(47)36-41-21-30(44-36)27-15-12-25(13-16-27)10-11-26-14-17-28-29(20-26)43-37(42-28)32-9-7-19-48(32)39(52)35(24(3)4)46-40(53)54-5/h12-17,20-21,23-24,31-32,34-35,49H,6-9,18-19,22H2,1-5H3,(H,41,44)(H,42,43)(H,45,50)(H,46,53)/t31-,32-,34-,35-/m0/s1. The van der Waals surface area contributed by atoms with Gasteiger partial charge < -0.3 is 40.2 Å². The van der Waals surface area contributed by atoms with Crippen molar-refractivity contribution in [2.24, 2.45) is 11.8 Å². The summed E-state index contributed by atoms with van der Waals surface area (Å²) >= 11 is 0. The SMILES string of the molecule is COC(=O)N[C@H](C(=O)N1CCC[C@H]1c1nc2ccc(C#Cc3ccc(-c4cnc([C@@H]5CCCN5C(=O)[C@@H](NC(=O)CO)C(C)C)[nH]4)cc3)cc2[nH]1)C(C)C. The van der Waals surface area contributed by atoms with Crippen molar-refractivity contribution in [2.45, 2.75) is 77.5 Å². The third-order valence-electron chi connectivity index (χ3n) is 10.1. The topological polar surface area (TPSA) is 186 Å². The van der Waals surface area contributed by atoms with E-state index in [4.69, 9.17) is 9.72 Å². The molecule has 2 aromatic carbocycles. The lowest BCUT2D eigenvalue weighted by atomic mass is 10.0. The number of H-pyrrole nitrogens is 2. The van der Waals surface area contributed by atoms with Gasteiger partial charge in [-0.25, -0.2) is 14.8 Å². The highest BCUT2D eigenvalue weighted by Crippen LogP contribution is 2.34. The van der Waals surface area contributed by atoms with Gasteiger partial charge in [-0.1, -0.05) is 51.7 Å². The van der Waals surface area contributed by atoms with Crippen LogP contribution in [0.3, 0.4) is 0 Å². The van der Waals surface area contributed by atoms with Crippen molar-refractivity contribution >= 4 is 34.8 Å². The largest absolute Gasteiger partial charge is 0.453 e. The molecule has 4 atom stereocenters. The first kappa shape index (κ1) is 38.1. The zero-order valence-corrected chi connectivity index (χ0v) is 31.3. The molecule has 0 spiro atoms. The summed E-state index contributed by atoms with van der Waals surface area (Å²) in [6.45, 7) is 8.00. The summed E-state index contributed by atoms with van der Waals surface area (Å²) in [6.07, 6.45) is 4.31. The summed E-state index contributed by atoms with van der Waals surface area (Å²) in [6, 6.07) is 11.7. The summed E-state index contributed by atoms with van der Waals surface area (Å²) in [5.74, 6) is 6.72. The summed E-state index contributed by atoms with van der Waals surface area (Å²) < 4.78 is 4.75. The molecule has 2 aliphatic rings. The van der Waals surface area contributed by atoms with Crippen molar-refractivity contribution in [3.8, 4) is 23.1 Å². The Morgan fingerprint density at radius 1 is 0.852 bits per heavy atom. The lowest BCUT2D eigenvalue weighted by molar-refractivity contribution is -0.139. The molecular weight excluding hydrogens is 688 g/mol. The van der Waals surface area contributed by atoms with Gasteiger partial charge in [-0.2, -0.15) is 0 Å². The number of likely N-dealkylation sites (tertiary alicyclic amines) is 2. The molecule has 54 heavy (non-hydrogen) atoms. The predicted octanol–water partition coefficient (Wildman–Crippen LogP) is 4.19. The molecule has 4 amide bonds. The molecule has 6 rings (SSSR count). The minimum atomic E-state index is -0.728. The zero-order chi connectivity index (χ0) is 38.5. The minimum Gasteiger partial charge on any atom is -0.453 e. The Morgan fingerprint density at radius 3 is 2.06 bits per heavy atom. The lowest BCUT2D eigenvalue weighted by Gasteiger charge is -2.30. The molecule has 2 saturated heterocycles. The maximum absolute atomic E-state index is 13.5. The Bertz CT molecular complexity index is 2060. The van der Waals surface area contributed by atoms with Gasteiger partial charge >= 0.3 is 6.09 Å². The molecule has 2 fully saturated rings. The van der Waals surface area contributed by atoms with E-state index in [0.717, 1.165) is 59.1 Å². The molecule has 284 valence electrons. The van der Waals surface area contributed by atoms with E-state index in [1.165, 1.54) is 7.11 Å². The van der Waals surface area contributed by atoms with E-state index in [-0.39, 0.29) is 35.7 Å². The van der Waals surface area contributed by atoms with Gasteiger partial charge in [0.15, 0.2) is 0 Å². The van der Waals surface area contributed by atoms with Gasteiger partial charge in [-0.15, -0.1) is 0 Å². The van der Waals surface area contributed by atoms with Crippen molar-refractivity contribution in [1.29, 1.82) is 0 Å². The summed E-state index contributed by atoms with van der Waals surface area (Å²) in [5, 5.41) is 14.5. The number of nitrogens with one attached hydrogen (secondary N) is 4. The molecule has 0 bridgehead atoms. The average Bonchev–Trinajstić information content (AvgIpc) is 4.00. The second-order valence-corrected chi connectivity index (χ2v) is 14.5. The van der Waals surface area contributed by atoms with Crippen LogP contribution in [0, 0.1) is 23.7 Å². The number of fused-ring (bicyclic) bond motifs is 1. The molecule has 0 aliphatic carbocycles. The van der Waals surface area contributed by atoms with Crippen molar-refractivity contribution in [3.63, 3.8) is 0 Å². The number of amides is 4. The number of carbonyl (C=O) groups excluding carboxylic acids is 4. The van der Waals surface area contributed by atoms with Crippen LogP contribution in [0.25, 0.3) is 22.3 Å². The predicted molar refractivity (Wildman–Crippen MR) is 201 cm³/mol. The third-order valence-corrected chi connectivity index (χ3v) is 10.1. The Kier molecular flexibility index (Phi) is 11.7. The number of ether oxygens (including phenoxy) is 1. The molecule has 4 heterocycles. The Labute approximate surface area is 314 Å². The van der Waals surface area contributed by atoms with Gasteiger partial charge in [0.25, 0.3) is 0 Å². The molecule has 4 aromatic rings. The van der Waals surface area contributed by atoms with Crippen LogP contribution in [-0.4, -0.2) is 97.5 Å². The highest BCUT2D eigenvalue weighted by Gasteiger charge is 2.39. The van der Waals surface area contributed by atoms with Gasteiger partial charge in [0.1, 0.15) is 30.3 Å². The van der Waals surface area contributed by atoms with Gasteiger partial charge in [-0.05, 0) is 73.4 Å². The second kappa shape index (κ2) is 16.6. The molecule has 0 saturated carbocycles. The molecule has 0 unspecified atom stereocenters. The number of rotatable bonds is 10. The number of carbonyl (C=O) groups is 4. The first-order valence-electron chi connectivity index (χ1n) is 18.5. The Hall–Kier alpha value is -5.68. The monoisotopic (exact) mass is 736 g/mol. The van der Waals surface area contributed by atoms with Gasteiger partial charge in [0.2, 0.25) is 17.7 Å². The number of hydrogen-bond donors (Lipinski definition) is 5. The van der Waals surface area contributed by atoms with Crippen LogP contribution in [0.4, 0.5) is 4.79 Å². The summed E-state index contributed by atoms with van der Waals surface area (Å²) in [7, 11) is 1.28. The van der Waals surface area contributed by atoms with E-state index < -0.39 is 30.7 Å². The molecular formula is C40H48N8O6. The van der Waals surface area contributed by atoms with Gasteiger partial charge in [-0.3, -0.25) is 14.4 Å². The van der Waals surface area contributed by atoms with Crippen LogP contribution >= 0.6 is 0 Å². The number of imidazole rings is 2. The number of aromatic amines is 2. The highest BCUT2D eigenvalue weighted by atomic mass is 16.5. The first-order valence-corrected chi connectivity index (χ1v) is 18.5. The van der Waals surface area contributed by atoms with Gasteiger partial charge in [0, 0.05) is 24.2 Å². The fraction of sp³-hybridized carbons (Fsp3) is 0.450. The van der Waals surface area contributed by atoms with E-state index in [1.54, 1.807) is 16.0 Å². The average molecular weight is 737 g/mol. The molecule has 14 heteroatoms. The molecule has 0 radical (unpaired) electrons. The lowest BCUT2D eigenvalue weighted by Crippen LogP contribution is -2.51. The van der Waals surface area contributed by atoms with E-state index >= 15 is 0 Å². The number of aliphatic hydroxyl groups excluding tert-OH is 1. The maximum Gasteiger partial charge on any atom is 0.407 e. The fourth-order valence-electron chi connectivity index (χ4n) is 7.21. The van der Waals surface area contributed by atoms with E-state index in [0.29, 0.717) is 24.7 Å². The molecule has 5 N–H and O–H groups in total. The number of benzene rings is 2. The number of hydrogen-bond acceptors (Lipinski definition) is 8. The van der Waals surface area contributed by atoms with Crippen LogP contribution in [0.5, 0.6) is 0 Å². The van der Waals surface area contributed by atoms with E-state index in [2.05, 4.69) is 37.4 Å². The Morgan fingerprint density at radius 2 is 1.44 bits per heavy atom. The second-order valence-electron chi connectivity index (χ2n) is 14.5. The van der Waals surface area contributed by atoms with Crippen LogP contribution < -0.4 is 10.6 Å². The minimum absolute atomic E-state index is 0.115. The quantitative estimate of drug-likeness (QED) is 0.150. The van der Waals surface area contributed by atoms with Crippen LogP contribution in [0.1, 0.15) is 88.2 Å². The molecule has 2 aliphatic heterocycles. The van der Waals surface area contributed by atoms with Gasteiger partial charge in [0.05, 0.1) is 42.1 Å². The van der Waals surface area contributed by atoms with Crippen LogP contribution in [-0.2, 0) is 19.1 Å². The number of nitrogens with zero attached hydrogens (tertiary/aromatic N) is 4.